The van der Waals surface area contributed by atoms with Crippen LogP contribution in [0.5, 0.6) is 0 Å². The summed E-state index contributed by atoms with van der Waals surface area (Å²) in [4.78, 5) is 17.2. The maximum Gasteiger partial charge on any atom is 0.268 e. The van der Waals surface area contributed by atoms with E-state index < -0.39 is 23.6 Å². The van der Waals surface area contributed by atoms with Gasteiger partial charge in [0.1, 0.15) is 11.6 Å². The van der Waals surface area contributed by atoms with Crippen LogP contribution in [0.2, 0.25) is 0 Å². The summed E-state index contributed by atoms with van der Waals surface area (Å²) in [5, 5.41) is 6.28. The maximum atomic E-state index is 13.6. The minimum Gasteiger partial charge on any atom is -0.382 e. The van der Waals surface area contributed by atoms with E-state index in [1.54, 1.807) is 0 Å². The zero-order valence-electron chi connectivity index (χ0n) is 11.7. The Bertz CT molecular complexity index is 795. The molecule has 1 heterocycles. The summed E-state index contributed by atoms with van der Waals surface area (Å²) in [6.07, 6.45) is -0.584. The van der Waals surface area contributed by atoms with Crippen molar-refractivity contribution in [3.63, 3.8) is 0 Å². The average Bonchev–Trinajstić information content (AvgIpc) is 3.00. The lowest BCUT2D eigenvalue weighted by Crippen LogP contribution is -2.28. The third kappa shape index (κ3) is 3.56. The summed E-state index contributed by atoms with van der Waals surface area (Å²) in [5.74, 6) is -2.09. The maximum absolute atomic E-state index is 13.6. The molecule has 1 atom stereocenters. The van der Waals surface area contributed by atoms with Crippen molar-refractivity contribution in [1.29, 1.82) is 0 Å². The van der Waals surface area contributed by atoms with Gasteiger partial charge in [-0.15, -0.1) is 0 Å². The van der Waals surface area contributed by atoms with Crippen LogP contribution in [-0.4, -0.2) is 17.7 Å². The molecule has 3 rings (SSSR count). The van der Waals surface area contributed by atoms with Crippen LogP contribution in [0.1, 0.15) is 12.0 Å². The highest BCUT2D eigenvalue weighted by Gasteiger charge is 2.29. The first-order valence-electron chi connectivity index (χ1n) is 6.77. The Morgan fingerprint density at radius 2 is 2.09 bits per heavy atom. The van der Waals surface area contributed by atoms with Gasteiger partial charge in [-0.05, 0) is 24.3 Å². The van der Waals surface area contributed by atoms with Gasteiger partial charge in [-0.1, -0.05) is 33.2 Å². The molecule has 0 aromatic heterocycles. The van der Waals surface area contributed by atoms with Crippen LogP contribution in [0, 0.1) is 11.6 Å². The number of carbonyl (C=O) groups is 1. The van der Waals surface area contributed by atoms with E-state index in [0.717, 1.165) is 22.2 Å². The molecular weight excluding hydrogens is 370 g/mol. The molecule has 2 aromatic rings. The molecule has 0 radical (unpaired) electrons. The Kier molecular flexibility index (Phi) is 4.38. The Labute approximate surface area is 139 Å². The lowest BCUT2D eigenvalue weighted by atomic mass is 10.0. The number of carbonyl (C=O) groups excluding carboxylic acids is 1. The number of anilines is 1. The lowest BCUT2D eigenvalue weighted by molar-refractivity contribution is -0.125. The number of hydrogen-bond acceptors (Lipinski definition) is 3. The second-order valence-corrected chi connectivity index (χ2v) is 5.88. The van der Waals surface area contributed by atoms with Crippen molar-refractivity contribution >= 4 is 33.2 Å². The zero-order chi connectivity index (χ0) is 16.4. The third-order valence-corrected chi connectivity index (χ3v) is 3.80. The lowest BCUT2D eigenvalue weighted by Gasteiger charge is -2.10. The van der Waals surface area contributed by atoms with Gasteiger partial charge in [-0.3, -0.25) is 4.79 Å². The Hall–Kier alpha value is -2.28. The first kappa shape index (κ1) is 15.6. The normalized spacial score (nSPS) is 16.7. The molecule has 2 aromatic carbocycles. The van der Waals surface area contributed by atoms with Crippen LogP contribution >= 0.6 is 15.9 Å². The molecule has 0 spiro atoms. The molecule has 4 nitrogen and oxygen atoms in total. The summed E-state index contributed by atoms with van der Waals surface area (Å²) < 4.78 is 27.3. The summed E-state index contributed by atoms with van der Waals surface area (Å²) in [7, 11) is 0. The van der Waals surface area contributed by atoms with E-state index >= 15 is 0 Å². The molecule has 0 saturated carbocycles. The van der Waals surface area contributed by atoms with Crippen molar-refractivity contribution in [2.75, 3.05) is 5.32 Å². The number of hydrogen-bond donors (Lipinski definition) is 1. The fourth-order valence-corrected chi connectivity index (χ4v) is 2.56. The van der Waals surface area contributed by atoms with Gasteiger partial charge in [0, 0.05) is 22.5 Å². The van der Waals surface area contributed by atoms with E-state index in [4.69, 9.17) is 4.84 Å². The average molecular weight is 381 g/mol. The van der Waals surface area contributed by atoms with Crippen LogP contribution in [0.15, 0.2) is 52.1 Å². The van der Waals surface area contributed by atoms with Gasteiger partial charge in [0.25, 0.3) is 5.91 Å². The number of amides is 1. The summed E-state index contributed by atoms with van der Waals surface area (Å²) in [6.45, 7) is 0. The Morgan fingerprint density at radius 3 is 2.83 bits per heavy atom. The van der Waals surface area contributed by atoms with Gasteiger partial charge in [0.2, 0.25) is 6.10 Å². The molecule has 1 aliphatic rings. The van der Waals surface area contributed by atoms with Crippen molar-refractivity contribution in [2.24, 2.45) is 5.16 Å². The zero-order valence-corrected chi connectivity index (χ0v) is 13.3. The molecule has 1 N–H and O–H groups in total. The molecule has 0 saturated heterocycles. The highest BCUT2D eigenvalue weighted by atomic mass is 79.9. The monoisotopic (exact) mass is 380 g/mol. The van der Waals surface area contributed by atoms with Gasteiger partial charge >= 0.3 is 0 Å². The number of nitrogens with one attached hydrogen (secondary N) is 1. The number of halogens is 3. The second kappa shape index (κ2) is 6.45. The minimum atomic E-state index is -0.853. The number of benzene rings is 2. The van der Waals surface area contributed by atoms with Crippen molar-refractivity contribution in [2.45, 2.75) is 12.5 Å². The van der Waals surface area contributed by atoms with Gasteiger partial charge < -0.3 is 10.2 Å². The number of oxime groups is 1. The highest BCUT2D eigenvalue weighted by Crippen LogP contribution is 2.22. The van der Waals surface area contributed by atoms with Crippen LogP contribution in [-0.2, 0) is 9.63 Å². The quantitative estimate of drug-likeness (QED) is 0.878. The predicted octanol–water partition coefficient (Wildman–Crippen LogP) is 3.86. The van der Waals surface area contributed by atoms with Crippen LogP contribution in [0.25, 0.3) is 0 Å². The van der Waals surface area contributed by atoms with Crippen molar-refractivity contribution in [3.05, 3.63) is 64.1 Å². The Morgan fingerprint density at radius 1 is 1.26 bits per heavy atom. The van der Waals surface area contributed by atoms with Gasteiger partial charge in [-0.2, -0.15) is 0 Å². The standard InChI is InChI=1S/C16H11BrF2N2O2/c17-10-3-1-2-9(6-10)14-8-15(23-21-14)16(22)20-13-5-4-11(18)7-12(13)19/h1-7,15H,8H2,(H,20,22)/t15-/m0/s1. The van der Waals surface area contributed by atoms with E-state index in [1.165, 1.54) is 0 Å². The van der Waals surface area contributed by atoms with Crippen LogP contribution < -0.4 is 5.32 Å². The summed E-state index contributed by atoms with van der Waals surface area (Å²) in [5.41, 5.74) is 1.37. The van der Waals surface area contributed by atoms with E-state index in [9.17, 15) is 13.6 Å². The molecule has 23 heavy (non-hydrogen) atoms. The van der Waals surface area contributed by atoms with E-state index in [1.807, 2.05) is 24.3 Å². The van der Waals surface area contributed by atoms with E-state index in [-0.39, 0.29) is 12.1 Å². The molecule has 0 bridgehead atoms. The highest BCUT2D eigenvalue weighted by molar-refractivity contribution is 9.10. The second-order valence-electron chi connectivity index (χ2n) is 4.96. The summed E-state index contributed by atoms with van der Waals surface area (Å²) in [6, 6.07) is 10.4. The first-order chi connectivity index (χ1) is 11.0. The number of rotatable bonds is 3. The van der Waals surface area contributed by atoms with Gasteiger partial charge in [-0.25, -0.2) is 8.78 Å². The van der Waals surface area contributed by atoms with E-state index in [2.05, 4.69) is 26.4 Å². The number of nitrogens with zero attached hydrogens (tertiary/aromatic N) is 1. The topological polar surface area (TPSA) is 50.7 Å². The molecule has 0 fully saturated rings. The van der Waals surface area contributed by atoms with Crippen molar-refractivity contribution in [1.82, 2.24) is 0 Å². The van der Waals surface area contributed by atoms with Gasteiger partial charge in [0.05, 0.1) is 11.4 Å². The van der Waals surface area contributed by atoms with Crippen molar-refractivity contribution in [3.8, 4) is 0 Å². The predicted molar refractivity (Wildman–Crippen MR) is 85.2 cm³/mol. The van der Waals surface area contributed by atoms with Gasteiger partial charge in [0.15, 0.2) is 0 Å². The SMILES string of the molecule is O=C(Nc1ccc(F)cc1F)[C@@H]1CC(c2cccc(Br)c2)=NO1. The van der Waals surface area contributed by atoms with Crippen molar-refractivity contribution < 1.29 is 18.4 Å². The van der Waals surface area contributed by atoms with Crippen LogP contribution in [0.3, 0.4) is 0 Å². The molecule has 118 valence electrons. The molecule has 1 aliphatic heterocycles. The summed E-state index contributed by atoms with van der Waals surface area (Å²) >= 11 is 3.36. The Balaban J connectivity index is 1.67. The molecule has 1 amide bonds. The molecule has 0 unspecified atom stereocenters. The molecule has 0 aliphatic carbocycles. The minimum absolute atomic E-state index is 0.101. The molecule has 7 heteroatoms. The smallest absolute Gasteiger partial charge is 0.268 e. The van der Waals surface area contributed by atoms with Crippen LogP contribution in [0.4, 0.5) is 14.5 Å². The first-order valence-corrected chi connectivity index (χ1v) is 7.57. The largest absolute Gasteiger partial charge is 0.382 e. The molecular formula is C16H11BrF2N2O2. The van der Waals surface area contributed by atoms with E-state index in [0.29, 0.717) is 11.8 Å². The third-order valence-electron chi connectivity index (χ3n) is 3.31. The fraction of sp³-hybridized carbons (Fsp3) is 0.125. The fourth-order valence-electron chi connectivity index (χ4n) is 2.16.